The van der Waals surface area contributed by atoms with Gasteiger partial charge in [0.15, 0.2) is 0 Å². The third kappa shape index (κ3) is 5.67. The lowest BCUT2D eigenvalue weighted by atomic mass is 10.1. The van der Waals surface area contributed by atoms with Gasteiger partial charge >= 0.3 is 0 Å². The number of nitrogens with one attached hydrogen (secondary N) is 2. The Morgan fingerprint density at radius 2 is 2.27 bits per heavy atom. The fraction of sp³-hybridized carbons (Fsp3) is 0.412. The summed E-state index contributed by atoms with van der Waals surface area (Å²) in [7, 11) is 0. The molecule has 0 saturated carbocycles. The van der Waals surface area contributed by atoms with E-state index in [1.165, 1.54) is 6.07 Å². The Hall–Kier alpha value is -1.67. The molecule has 1 atom stereocenters. The predicted octanol–water partition coefficient (Wildman–Crippen LogP) is 2.16. The largest absolute Gasteiger partial charge is 0.378 e. The molecule has 0 aliphatic carbocycles. The summed E-state index contributed by atoms with van der Waals surface area (Å²) >= 11 is 0. The molecule has 9 heteroatoms. The Labute approximate surface area is 164 Å². The number of aryl methyl sites for hydroxylation is 1. The molecule has 0 spiro atoms. The summed E-state index contributed by atoms with van der Waals surface area (Å²) in [6.45, 7) is 4.10. The summed E-state index contributed by atoms with van der Waals surface area (Å²) in [5, 5.41) is 6.05. The number of nitrogens with zero attached hydrogens (tertiary/aromatic N) is 2. The molecule has 144 valence electrons. The van der Waals surface area contributed by atoms with Crippen molar-refractivity contribution in [2.24, 2.45) is 0 Å². The van der Waals surface area contributed by atoms with Crippen LogP contribution in [-0.2, 0) is 16.1 Å². The van der Waals surface area contributed by atoms with E-state index in [1.54, 1.807) is 29.1 Å². The fourth-order valence-electron chi connectivity index (χ4n) is 2.74. The lowest BCUT2D eigenvalue weighted by molar-refractivity contribution is -0.122. The lowest BCUT2D eigenvalue weighted by Gasteiger charge is -2.23. The van der Waals surface area contributed by atoms with Gasteiger partial charge in [0.1, 0.15) is 11.6 Å². The van der Waals surface area contributed by atoms with Gasteiger partial charge < -0.3 is 19.9 Å². The molecule has 3 rings (SSSR count). The van der Waals surface area contributed by atoms with Crippen LogP contribution in [0.2, 0.25) is 0 Å². The third-order valence-electron chi connectivity index (χ3n) is 4.02. The van der Waals surface area contributed by atoms with Crippen LogP contribution in [0.1, 0.15) is 17.8 Å². The van der Waals surface area contributed by atoms with Crippen molar-refractivity contribution < 1.29 is 13.9 Å². The summed E-state index contributed by atoms with van der Waals surface area (Å²) in [6.07, 6.45) is 3.70. The van der Waals surface area contributed by atoms with E-state index in [0.29, 0.717) is 31.9 Å². The maximum atomic E-state index is 14.3. The van der Waals surface area contributed by atoms with Gasteiger partial charge in [-0.25, -0.2) is 9.37 Å². The highest BCUT2D eigenvalue weighted by Crippen LogP contribution is 2.16. The molecular weight excluding hydrogens is 382 g/mol. The molecule has 1 amide bonds. The van der Waals surface area contributed by atoms with E-state index >= 15 is 0 Å². The van der Waals surface area contributed by atoms with Crippen molar-refractivity contribution in [1.82, 2.24) is 20.2 Å². The number of imidazole rings is 1. The number of halogens is 3. The zero-order chi connectivity index (χ0) is 16.9. The molecule has 2 N–H and O–H groups in total. The maximum Gasteiger partial charge on any atom is 0.221 e. The lowest BCUT2D eigenvalue weighted by Crippen LogP contribution is -2.44. The first-order chi connectivity index (χ1) is 11.6. The first kappa shape index (κ1) is 22.4. The number of carbonyl (C=O) groups is 1. The molecule has 2 aromatic rings. The fourth-order valence-corrected chi connectivity index (χ4v) is 2.74. The second-order valence-corrected chi connectivity index (χ2v) is 5.84. The van der Waals surface area contributed by atoms with Gasteiger partial charge in [-0.1, -0.05) is 6.07 Å². The van der Waals surface area contributed by atoms with Gasteiger partial charge in [-0.15, -0.1) is 24.8 Å². The molecule has 1 aliphatic heterocycles. The van der Waals surface area contributed by atoms with Crippen LogP contribution in [-0.4, -0.2) is 41.3 Å². The summed E-state index contributed by atoms with van der Waals surface area (Å²) in [4.78, 5) is 16.0. The van der Waals surface area contributed by atoms with E-state index in [1.807, 2.05) is 6.92 Å². The number of aromatic nitrogens is 2. The minimum absolute atomic E-state index is 0. The number of benzene rings is 1. The molecular formula is C17H23Cl2FN4O2. The molecule has 6 nitrogen and oxygen atoms in total. The van der Waals surface area contributed by atoms with Crippen LogP contribution in [0.3, 0.4) is 0 Å². The third-order valence-corrected chi connectivity index (χ3v) is 4.02. The smallest absolute Gasteiger partial charge is 0.221 e. The Bertz CT molecular complexity index is 721. The number of hydrogen-bond acceptors (Lipinski definition) is 4. The molecule has 1 aromatic carbocycles. The summed E-state index contributed by atoms with van der Waals surface area (Å²) in [5.74, 6) is 0.301. The molecule has 1 aromatic heterocycles. The second kappa shape index (κ2) is 10.5. The number of rotatable bonds is 5. The van der Waals surface area contributed by atoms with E-state index in [2.05, 4.69) is 15.6 Å². The van der Waals surface area contributed by atoms with E-state index in [0.717, 1.165) is 17.9 Å². The molecule has 1 saturated heterocycles. The molecule has 1 fully saturated rings. The monoisotopic (exact) mass is 404 g/mol. The number of ether oxygens (including phenoxy) is 1. The topological polar surface area (TPSA) is 68.2 Å². The highest BCUT2D eigenvalue weighted by Gasteiger charge is 2.16. The zero-order valence-electron chi connectivity index (χ0n) is 14.4. The Kier molecular flexibility index (Phi) is 9.01. The van der Waals surface area contributed by atoms with Crippen molar-refractivity contribution in [3.63, 3.8) is 0 Å². The molecule has 0 bridgehead atoms. The van der Waals surface area contributed by atoms with Gasteiger partial charge in [-0.05, 0) is 24.6 Å². The summed E-state index contributed by atoms with van der Waals surface area (Å²) < 4.78 is 21.3. The molecule has 1 unspecified atom stereocenters. The van der Waals surface area contributed by atoms with Crippen LogP contribution in [0.5, 0.6) is 0 Å². The molecule has 1 aliphatic rings. The van der Waals surface area contributed by atoms with Crippen molar-refractivity contribution in [1.29, 1.82) is 0 Å². The van der Waals surface area contributed by atoms with Crippen LogP contribution in [0, 0.1) is 12.7 Å². The zero-order valence-corrected chi connectivity index (χ0v) is 16.0. The highest BCUT2D eigenvalue weighted by atomic mass is 35.5. The van der Waals surface area contributed by atoms with E-state index in [4.69, 9.17) is 4.74 Å². The van der Waals surface area contributed by atoms with Crippen LogP contribution >= 0.6 is 24.8 Å². The molecule has 26 heavy (non-hydrogen) atoms. The van der Waals surface area contributed by atoms with Gasteiger partial charge in [0.25, 0.3) is 0 Å². The van der Waals surface area contributed by atoms with E-state index in [-0.39, 0.29) is 42.6 Å². The number of hydrogen-bond donors (Lipinski definition) is 2. The van der Waals surface area contributed by atoms with Crippen LogP contribution in [0.25, 0.3) is 5.69 Å². The van der Waals surface area contributed by atoms with Crippen molar-refractivity contribution in [3.05, 3.63) is 47.8 Å². The molecule has 0 radical (unpaired) electrons. The Balaban J connectivity index is 0.00000169. The first-order valence-electron chi connectivity index (χ1n) is 8.00. The Morgan fingerprint density at radius 1 is 1.46 bits per heavy atom. The first-order valence-corrected chi connectivity index (χ1v) is 8.00. The average Bonchev–Trinajstić information content (AvgIpc) is 3.00. The number of carbonyl (C=O) groups excluding carboxylic acids is 1. The van der Waals surface area contributed by atoms with Crippen LogP contribution in [0.15, 0.2) is 30.6 Å². The quantitative estimate of drug-likeness (QED) is 0.800. The maximum absolute atomic E-state index is 14.3. The van der Waals surface area contributed by atoms with Crippen molar-refractivity contribution in [2.45, 2.75) is 25.9 Å². The molecule has 2 heterocycles. The Morgan fingerprint density at radius 3 is 2.88 bits per heavy atom. The average molecular weight is 405 g/mol. The standard InChI is InChI=1S/C17H21FN4O2.2ClH/c1-12-19-4-6-22(12)16-3-2-13(8-15(16)18)10-21-17(23)9-14-11-24-7-5-20-14;;/h2-4,6,8,14,20H,5,7,9-11H2,1H3,(H,21,23);2*1H. The van der Waals surface area contributed by atoms with Crippen LogP contribution < -0.4 is 10.6 Å². The second-order valence-electron chi connectivity index (χ2n) is 5.84. The van der Waals surface area contributed by atoms with Gasteiger partial charge in [0.2, 0.25) is 5.91 Å². The van der Waals surface area contributed by atoms with E-state index < -0.39 is 0 Å². The highest BCUT2D eigenvalue weighted by molar-refractivity contribution is 5.85. The van der Waals surface area contributed by atoms with Crippen molar-refractivity contribution in [2.75, 3.05) is 19.8 Å². The van der Waals surface area contributed by atoms with Crippen molar-refractivity contribution >= 4 is 30.7 Å². The normalized spacial score (nSPS) is 16.3. The summed E-state index contributed by atoms with van der Waals surface area (Å²) in [6, 6.07) is 4.99. The predicted molar refractivity (Wildman–Crippen MR) is 102 cm³/mol. The minimum atomic E-state index is -0.342. The van der Waals surface area contributed by atoms with Gasteiger partial charge in [-0.2, -0.15) is 0 Å². The number of amides is 1. The van der Waals surface area contributed by atoms with Gasteiger partial charge in [-0.3, -0.25) is 4.79 Å². The summed E-state index contributed by atoms with van der Waals surface area (Å²) in [5.41, 5.74) is 1.17. The number of morpholine rings is 1. The van der Waals surface area contributed by atoms with Crippen molar-refractivity contribution in [3.8, 4) is 5.69 Å². The van der Waals surface area contributed by atoms with Gasteiger partial charge in [0, 0.05) is 37.9 Å². The van der Waals surface area contributed by atoms with Crippen LogP contribution in [0.4, 0.5) is 4.39 Å². The minimum Gasteiger partial charge on any atom is -0.378 e. The SMILES string of the molecule is Cc1nccn1-c1ccc(CNC(=O)CC2COCCN2)cc1F.Cl.Cl. The van der Waals surface area contributed by atoms with E-state index in [9.17, 15) is 9.18 Å². The van der Waals surface area contributed by atoms with Gasteiger partial charge in [0.05, 0.1) is 18.9 Å².